The minimum Gasteiger partial charge on any atom is -0.481 e. The third-order valence-corrected chi connectivity index (χ3v) is 4.13. The summed E-state index contributed by atoms with van der Waals surface area (Å²) >= 11 is 0. The molecule has 0 saturated carbocycles. The molecular formula is C16H23NO2. The number of carboxylic acids is 1. The molecule has 0 aromatic heterocycles. The normalized spacial score (nSPS) is 19.3. The molecule has 0 spiro atoms. The fourth-order valence-electron chi connectivity index (χ4n) is 2.53. The third-order valence-electron chi connectivity index (χ3n) is 4.13. The minimum atomic E-state index is -0.766. The largest absolute Gasteiger partial charge is 0.481 e. The SMILES string of the molecule is CC1CCN(Cc2ccc(C(C)C(=O)O)cc2)CC1. The van der Waals surface area contributed by atoms with E-state index in [-0.39, 0.29) is 0 Å². The summed E-state index contributed by atoms with van der Waals surface area (Å²) < 4.78 is 0. The Morgan fingerprint density at radius 1 is 1.32 bits per heavy atom. The van der Waals surface area contributed by atoms with Crippen LogP contribution in [0.3, 0.4) is 0 Å². The first-order valence-electron chi connectivity index (χ1n) is 7.10. The summed E-state index contributed by atoms with van der Waals surface area (Å²) in [7, 11) is 0. The van der Waals surface area contributed by atoms with Crippen LogP contribution in [0.25, 0.3) is 0 Å². The second kappa shape index (κ2) is 6.20. The number of likely N-dealkylation sites (tertiary alicyclic amines) is 1. The number of hydrogen-bond donors (Lipinski definition) is 1. The van der Waals surface area contributed by atoms with Gasteiger partial charge in [0.1, 0.15) is 0 Å². The van der Waals surface area contributed by atoms with Crippen LogP contribution in [0.5, 0.6) is 0 Å². The zero-order valence-corrected chi connectivity index (χ0v) is 11.8. The number of carbonyl (C=O) groups is 1. The molecule has 1 aromatic rings. The molecule has 0 amide bonds. The fourth-order valence-corrected chi connectivity index (χ4v) is 2.53. The van der Waals surface area contributed by atoms with Gasteiger partial charge in [-0.1, -0.05) is 31.2 Å². The van der Waals surface area contributed by atoms with E-state index in [1.807, 2.05) is 12.1 Å². The summed E-state index contributed by atoms with van der Waals surface area (Å²) in [4.78, 5) is 13.4. The van der Waals surface area contributed by atoms with Gasteiger partial charge in [-0.15, -0.1) is 0 Å². The Labute approximate surface area is 115 Å². The van der Waals surface area contributed by atoms with E-state index >= 15 is 0 Å². The monoisotopic (exact) mass is 261 g/mol. The minimum absolute atomic E-state index is 0.426. The van der Waals surface area contributed by atoms with Crippen LogP contribution < -0.4 is 0 Å². The van der Waals surface area contributed by atoms with E-state index in [0.717, 1.165) is 18.0 Å². The van der Waals surface area contributed by atoms with Gasteiger partial charge < -0.3 is 5.11 Å². The van der Waals surface area contributed by atoms with Crippen LogP contribution in [0.15, 0.2) is 24.3 Å². The number of carboxylic acid groups (broad SMARTS) is 1. The van der Waals surface area contributed by atoms with E-state index in [2.05, 4.69) is 24.0 Å². The van der Waals surface area contributed by atoms with Crippen molar-refractivity contribution in [3.05, 3.63) is 35.4 Å². The molecule has 1 fully saturated rings. The smallest absolute Gasteiger partial charge is 0.310 e. The molecule has 3 heteroatoms. The van der Waals surface area contributed by atoms with Crippen molar-refractivity contribution in [1.82, 2.24) is 4.90 Å². The van der Waals surface area contributed by atoms with Crippen molar-refractivity contribution < 1.29 is 9.90 Å². The molecule has 2 rings (SSSR count). The lowest BCUT2D eigenvalue weighted by Gasteiger charge is -2.30. The first-order chi connectivity index (χ1) is 9.06. The highest BCUT2D eigenvalue weighted by Gasteiger charge is 2.16. The standard InChI is InChI=1S/C16H23NO2/c1-12-7-9-17(10-8-12)11-14-3-5-15(6-4-14)13(2)16(18)19/h3-6,12-13H,7-11H2,1-2H3,(H,18,19). The second-order valence-corrected chi connectivity index (χ2v) is 5.76. The zero-order valence-electron chi connectivity index (χ0n) is 11.8. The van der Waals surface area contributed by atoms with Gasteiger partial charge in [-0.05, 0) is 49.9 Å². The summed E-state index contributed by atoms with van der Waals surface area (Å²) in [6.07, 6.45) is 2.57. The Morgan fingerprint density at radius 3 is 2.42 bits per heavy atom. The lowest BCUT2D eigenvalue weighted by Crippen LogP contribution is -2.32. The summed E-state index contributed by atoms with van der Waals surface area (Å²) in [5, 5.41) is 8.98. The Kier molecular flexibility index (Phi) is 4.59. The summed E-state index contributed by atoms with van der Waals surface area (Å²) in [6.45, 7) is 7.38. The topological polar surface area (TPSA) is 40.5 Å². The highest BCUT2D eigenvalue weighted by molar-refractivity contribution is 5.75. The molecule has 0 aliphatic carbocycles. The van der Waals surface area contributed by atoms with Gasteiger partial charge in [0, 0.05) is 6.54 Å². The highest BCUT2D eigenvalue weighted by atomic mass is 16.4. The van der Waals surface area contributed by atoms with E-state index in [0.29, 0.717) is 0 Å². The van der Waals surface area contributed by atoms with Gasteiger partial charge in [0.2, 0.25) is 0 Å². The average Bonchev–Trinajstić information content (AvgIpc) is 2.41. The quantitative estimate of drug-likeness (QED) is 0.905. The first kappa shape index (κ1) is 14.1. The van der Waals surface area contributed by atoms with Crippen LogP contribution in [0.1, 0.15) is 43.7 Å². The molecule has 1 aliphatic heterocycles. The molecule has 3 nitrogen and oxygen atoms in total. The van der Waals surface area contributed by atoms with Crippen molar-refractivity contribution in [3.63, 3.8) is 0 Å². The van der Waals surface area contributed by atoms with Gasteiger partial charge in [-0.3, -0.25) is 9.69 Å². The lowest BCUT2D eigenvalue weighted by atomic mass is 9.97. The number of benzene rings is 1. The molecule has 1 aromatic carbocycles. The van der Waals surface area contributed by atoms with Gasteiger partial charge in [0.05, 0.1) is 5.92 Å². The van der Waals surface area contributed by atoms with Gasteiger partial charge >= 0.3 is 5.97 Å². The molecule has 1 N–H and O–H groups in total. The molecule has 1 heterocycles. The second-order valence-electron chi connectivity index (χ2n) is 5.76. The van der Waals surface area contributed by atoms with Crippen LogP contribution in [-0.2, 0) is 11.3 Å². The van der Waals surface area contributed by atoms with E-state index in [1.165, 1.54) is 31.5 Å². The molecule has 104 valence electrons. The van der Waals surface area contributed by atoms with E-state index in [9.17, 15) is 4.79 Å². The molecule has 19 heavy (non-hydrogen) atoms. The van der Waals surface area contributed by atoms with Gasteiger partial charge in [0.15, 0.2) is 0 Å². The van der Waals surface area contributed by atoms with Crippen LogP contribution in [-0.4, -0.2) is 29.1 Å². The van der Waals surface area contributed by atoms with Crippen molar-refractivity contribution in [2.45, 2.75) is 39.2 Å². The first-order valence-corrected chi connectivity index (χ1v) is 7.10. The molecule has 1 unspecified atom stereocenters. The van der Waals surface area contributed by atoms with Crippen LogP contribution in [0.2, 0.25) is 0 Å². The van der Waals surface area contributed by atoms with Crippen molar-refractivity contribution >= 4 is 5.97 Å². The number of rotatable bonds is 4. The van der Waals surface area contributed by atoms with Gasteiger partial charge in [-0.2, -0.15) is 0 Å². The number of hydrogen-bond acceptors (Lipinski definition) is 2. The van der Waals surface area contributed by atoms with Crippen molar-refractivity contribution in [3.8, 4) is 0 Å². The van der Waals surface area contributed by atoms with Crippen molar-refractivity contribution in [2.75, 3.05) is 13.1 Å². The molecule has 1 saturated heterocycles. The van der Waals surface area contributed by atoms with Gasteiger partial charge in [-0.25, -0.2) is 0 Å². The highest BCUT2D eigenvalue weighted by Crippen LogP contribution is 2.20. The third kappa shape index (κ3) is 3.80. The van der Waals surface area contributed by atoms with Crippen LogP contribution >= 0.6 is 0 Å². The average molecular weight is 261 g/mol. The fraction of sp³-hybridized carbons (Fsp3) is 0.562. The Hall–Kier alpha value is -1.35. The predicted octanol–water partition coefficient (Wildman–Crippen LogP) is 3.11. The van der Waals surface area contributed by atoms with Crippen LogP contribution in [0, 0.1) is 5.92 Å². The number of piperidine rings is 1. The summed E-state index contributed by atoms with van der Waals surface area (Å²) in [6, 6.07) is 8.01. The number of aliphatic carboxylic acids is 1. The Morgan fingerprint density at radius 2 is 1.89 bits per heavy atom. The molecule has 1 atom stereocenters. The molecule has 0 radical (unpaired) electrons. The summed E-state index contributed by atoms with van der Waals surface area (Å²) in [5.74, 6) is -0.335. The molecule has 0 bridgehead atoms. The molecule has 1 aliphatic rings. The van der Waals surface area contributed by atoms with E-state index in [1.54, 1.807) is 6.92 Å². The number of nitrogens with zero attached hydrogens (tertiary/aromatic N) is 1. The summed E-state index contributed by atoms with van der Waals surface area (Å²) in [5.41, 5.74) is 2.15. The lowest BCUT2D eigenvalue weighted by molar-refractivity contribution is -0.138. The predicted molar refractivity (Wildman–Crippen MR) is 76.2 cm³/mol. The zero-order chi connectivity index (χ0) is 13.8. The van der Waals surface area contributed by atoms with Crippen molar-refractivity contribution in [2.24, 2.45) is 5.92 Å². The van der Waals surface area contributed by atoms with E-state index in [4.69, 9.17) is 5.11 Å². The van der Waals surface area contributed by atoms with Crippen LogP contribution in [0.4, 0.5) is 0 Å². The van der Waals surface area contributed by atoms with E-state index < -0.39 is 11.9 Å². The Balaban J connectivity index is 1.93. The van der Waals surface area contributed by atoms with Gasteiger partial charge in [0.25, 0.3) is 0 Å². The van der Waals surface area contributed by atoms with Crippen molar-refractivity contribution in [1.29, 1.82) is 0 Å². The maximum Gasteiger partial charge on any atom is 0.310 e. The molecular weight excluding hydrogens is 238 g/mol. The maximum absolute atomic E-state index is 10.9. The Bertz CT molecular complexity index is 419. The maximum atomic E-state index is 10.9.